The highest BCUT2D eigenvalue weighted by atomic mass is 32.1. The molecule has 0 aromatic carbocycles. The number of aromatic nitrogens is 1. The maximum atomic E-state index is 11.0. The van der Waals surface area contributed by atoms with Crippen LogP contribution < -0.4 is 11.1 Å². The predicted octanol–water partition coefficient (Wildman–Crippen LogP) is 0.758. The van der Waals surface area contributed by atoms with Crippen molar-refractivity contribution >= 4 is 39.6 Å². The van der Waals surface area contributed by atoms with Crippen LogP contribution in [-0.4, -0.2) is 15.9 Å². The standard InChI is InChI=1S/C6H7N3OS2/c7-4(11)3-5(10)9-6-8-1-2-12-6/h1-2H,3H2,(H2,7,11)(H,8,9,10). The van der Waals surface area contributed by atoms with E-state index < -0.39 is 0 Å². The molecule has 0 fully saturated rings. The van der Waals surface area contributed by atoms with Crippen molar-refractivity contribution in [1.82, 2.24) is 4.98 Å². The van der Waals surface area contributed by atoms with Gasteiger partial charge in [-0.25, -0.2) is 4.98 Å². The normalized spacial score (nSPS) is 9.33. The van der Waals surface area contributed by atoms with Crippen molar-refractivity contribution < 1.29 is 4.79 Å². The van der Waals surface area contributed by atoms with Crippen molar-refractivity contribution in [3.05, 3.63) is 11.6 Å². The van der Waals surface area contributed by atoms with E-state index in [9.17, 15) is 4.79 Å². The topological polar surface area (TPSA) is 68.0 Å². The Morgan fingerprint density at radius 2 is 2.58 bits per heavy atom. The summed E-state index contributed by atoms with van der Waals surface area (Å²) < 4.78 is 0. The zero-order valence-electron chi connectivity index (χ0n) is 6.11. The van der Waals surface area contributed by atoms with Gasteiger partial charge in [-0.15, -0.1) is 11.3 Å². The molecule has 1 rings (SSSR count). The summed E-state index contributed by atoms with van der Waals surface area (Å²) >= 11 is 5.92. The first-order chi connectivity index (χ1) is 5.68. The van der Waals surface area contributed by atoms with Crippen LogP contribution in [0.4, 0.5) is 5.13 Å². The number of rotatable bonds is 3. The fraction of sp³-hybridized carbons (Fsp3) is 0.167. The molecule has 0 spiro atoms. The van der Waals surface area contributed by atoms with Crippen molar-refractivity contribution in [3.63, 3.8) is 0 Å². The third-order valence-electron chi connectivity index (χ3n) is 1.01. The number of thiocarbonyl (C=S) groups is 1. The molecule has 0 radical (unpaired) electrons. The van der Waals surface area contributed by atoms with Crippen LogP contribution in [-0.2, 0) is 4.79 Å². The Morgan fingerprint density at radius 1 is 1.83 bits per heavy atom. The third kappa shape index (κ3) is 2.93. The predicted molar refractivity (Wildman–Crippen MR) is 52.1 cm³/mol. The molecule has 1 heterocycles. The van der Waals surface area contributed by atoms with E-state index in [1.165, 1.54) is 11.3 Å². The first kappa shape index (κ1) is 9.08. The van der Waals surface area contributed by atoms with Gasteiger partial charge in [0.15, 0.2) is 5.13 Å². The fourth-order valence-corrected chi connectivity index (χ4v) is 1.28. The summed E-state index contributed by atoms with van der Waals surface area (Å²) in [4.78, 5) is 15.1. The Kier molecular flexibility index (Phi) is 3.12. The number of carbonyl (C=O) groups is 1. The van der Waals surface area contributed by atoms with Crippen LogP contribution in [0.5, 0.6) is 0 Å². The van der Waals surface area contributed by atoms with Gasteiger partial charge in [0.05, 0.1) is 11.4 Å². The molecule has 0 saturated heterocycles. The maximum Gasteiger partial charge on any atom is 0.232 e. The lowest BCUT2D eigenvalue weighted by atomic mass is 10.4. The number of nitrogens with zero attached hydrogens (tertiary/aromatic N) is 1. The molecule has 3 N–H and O–H groups in total. The van der Waals surface area contributed by atoms with Crippen LogP contribution in [0.15, 0.2) is 11.6 Å². The van der Waals surface area contributed by atoms with Crippen molar-refractivity contribution in [3.8, 4) is 0 Å². The Balaban J connectivity index is 2.42. The molecule has 0 saturated carbocycles. The number of hydrogen-bond acceptors (Lipinski definition) is 4. The van der Waals surface area contributed by atoms with Gasteiger partial charge in [0.2, 0.25) is 5.91 Å². The van der Waals surface area contributed by atoms with Crippen molar-refractivity contribution in [2.45, 2.75) is 6.42 Å². The van der Waals surface area contributed by atoms with E-state index in [1.807, 2.05) is 0 Å². The molecular weight excluding hydrogens is 194 g/mol. The smallest absolute Gasteiger partial charge is 0.232 e. The molecule has 0 atom stereocenters. The average Bonchev–Trinajstić information content (AvgIpc) is 2.37. The summed E-state index contributed by atoms with van der Waals surface area (Å²) in [5.41, 5.74) is 5.18. The number of carbonyl (C=O) groups excluding carboxylic acids is 1. The van der Waals surface area contributed by atoms with Crippen LogP contribution in [0.1, 0.15) is 6.42 Å². The van der Waals surface area contributed by atoms with Gasteiger partial charge in [0.25, 0.3) is 0 Å². The van der Waals surface area contributed by atoms with E-state index >= 15 is 0 Å². The van der Waals surface area contributed by atoms with Crippen LogP contribution in [0.2, 0.25) is 0 Å². The number of anilines is 1. The average molecular weight is 201 g/mol. The molecule has 0 aliphatic heterocycles. The van der Waals surface area contributed by atoms with Gasteiger partial charge in [0.1, 0.15) is 0 Å². The Hall–Kier alpha value is -1.01. The number of nitrogens with two attached hydrogens (primary N) is 1. The van der Waals surface area contributed by atoms with E-state index in [0.717, 1.165) is 0 Å². The summed E-state index contributed by atoms with van der Waals surface area (Å²) in [5.74, 6) is -0.225. The highest BCUT2D eigenvalue weighted by Gasteiger charge is 2.04. The Morgan fingerprint density at radius 3 is 3.08 bits per heavy atom. The van der Waals surface area contributed by atoms with Gasteiger partial charge in [-0.05, 0) is 0 Å². The van der Waals surface area contributed by atoms with E-state index in [1.54, 1.807) is 11.6 Å². The van der Waals surface area contributed by atoms with E-state index in [-0.39, 0.29) is 17.3 Å². The van der Waals surface area contributed by atoms with Gasteiger partial charge >= 0.3 is 0 Å². The molecule has 1 amide bonds. The zero-order chi connectivity index (χ0) is 8.97. The van der Waals surface area contributed by atoms with Crippen molar-refractivity contribution in [1.29, 1.82) is 0 Å². The van der Waals surface area contributed by atoms with Crippen LogP contribution in [0, 0.1) is 0 Å². The molecule has 12 heavy (non-hydrogen) atoms. The molecule has 64 valence electrons. The molecule has 0 aliphatic carbocycles. The second kappa shape index (κ2) is 4.13. The molecular formula is C6H7N3OS2. The summed E-state index contributed by atoms with van der Waals surface area (Å²) in [6.07, 6.45) is 1.68. The van der Waals surface area contributed by atoms with Gasteiger partial charge in [0, 0.05) is 11.6 Å². The minimum absolute atomic E-state index is 0.0644. The molecule has 0 bridgehead atoms. The Bertz CT molecular complexity index is 283. The lowest BCUT2D eigenvalue weighted by Gasteiger charge is -1.98. The highest BCUT2D eigenvalue weighted by molar-refractivity contribution is 7.80. The van der Waals surface area contributed by atoms with Gasteiger partial charge < -0.3 is 11.1 Å². The summed E-state index contributed by atoms with van der Waals surface area (Å²) in [6, 6.07) is 0. The fourth-order valence-electron chi connectivity index (χ4n) is 0.607. The van der Waals surface area contributed by atoms with Crippen molar-refractivity contribution in [2.75, 3.05) is 5.32 Å². The first-order valence-corrected chi connectivity index (χ1v) is 4.45. The molecule has 0 aliphatic rings. The quantitative estimate of drug-likeness (QED) is 0.708. The molecule has 1 aromatic heterocycles. The number of amides is 1. The van der Waals surface area contributed by atoms with E-state index in [2.05, 4.69) is 22.5 Å². The van der Waals surface area contributed by atoms with E-state index in [0.29, 0.717) is 5.13 Å². The SMILES string of the molecule is NC(=S)CC(=O)Nc1nccs1. The van der Waals surface area contributed by atoms with E-state index in [4.69, 9.17) is 5.73 Å². The van der Waals surface area contributed by atoms with Gasteiger partial charge in [-0.1, -0.05) is 12.2 Å². The third-order valence-corrected chi connectivity index (χ3v) is 1.85. The van der Waals surface area contributed by atoms with Gasteiger partial charge in [-0.2, -0.15) is 0 Å². The molecule has 4 nitrogen and oxygen atoms in total. The highest BCUT2D eigenvalue weighted by Crippen LogP contribution is 2.10. The summed E-state index contributed by atoms with van der Waals surface area (Å²) in [7, 11) is 0. The number of hydrogen-bond donors (Lipinski definition) is 2. The number of thiazole rings is 1. The largest absolute Gasteiger partial charge is 0.393 e. The summed E-state index contributed by atoms with van der Waals surface area (Å²) in [6.45, 7) is 0. The zero-order valence-corrected chi connectivity index (χ0v) is 7.74. The second-order valence-electron chi connectivity index (χ2n) is 2.03. The first-order valence-electron chi connectivity index (χ1n) is 3.16. The lowest BCUT2D eigenvalue weighted by molar-refractivity contribution is -0.115. The lowest BCUT2D eigenvalue weighted by Crippen LogP contribution is -2.19. The second-order valence-corrected chi connectivity index (χ2v) is 3.45. The molecule has 0 unspecified atom stereocenters. The monoisotopic (exact) mass is 201 g/mol. The van der Waals surface area contributed by atoms with Crippen LogP contribution >= 0.6 is 23.6 Å². The summed E-state index contributed by atoms with van der Waals surface area (Å²) in [5, 5.41) is 4.89. The molecule has 1 aromatic rings. The van der Waals surface area contributed by atoms with Crippen molar-refractivity contribution in [2.24, 2.45) is 5.73 Å². The van der Waals surface area contributed by atoms with Gasteiger partial charge in [-0.3, -0.25) is 4.79 Å². The minimum atomic E-state index is -0.225. The number of nitrogens with one attached hydrogen (secondary N) is 1. The van der Waals surface area contributed by atoms with Crippen LogP contribution in [0.3, 0.4) is 0 Å². The maximum absolute atomic E-state index is 11.0. The van der Waals surface area contributed by atoms with Crippen LogP contribution in [0.25, 0.3) is 0 Å². The Labute approximate surface area is 78.8 Å². The molecule has 6 heteroatoms. The minimum Gasteiger partial charge on any atom is -0.393 e.